The van der Waals surface area contributed by atoms with Crippen molar-refractivity contribution in [3.63, 3.8) is 0 Å². The molecule has 2 amide bonds. The molecular weight excluding hydrogens is 252 g/mol. The van der Waals surface area contributed by atoms with Gasteiger partial charge in [0.05, 0.1) is 6.54 Å². The van der Waals surface area contributed by atoms with Crippen LogP contribution in [0.4, 0.5) is 5.69 Å². The van der Waals surface area contributed by atoms with Crippen LogP contribution in [-0.4, -0.2) is 30.3 Å². The molecule has 0 saturated carbocycles. The number of likely N-dealkylation sites (N-methyl/N-ethyl adjacent to an activating group) is 1. The van der Waals surface area contributed by atoms with Crippen molar-refractivity contribution in [2.24, 2.45) is 0 Å². The normalized spacial score (nSPS) is 9.85. The smallest absolute Gasteiger partial charge is 0.246 e. The van der Waals surface area contributed by atoms with Gasteiger partial charge in [0.25, 0.3) is 0 Å². The number of carbonyl (C=O) groups is 2. The van der Waals surface area contributed by atoms with E-state index < -0.39 is 0 Å². The maximum absolute atomic E-state index is 12.0. The quantitative estimate of drug-likeness (QED) is 0.858. The van der Waals surface area contributed by atoms with Crippen molar-refractivity contribution >= 4 is 17.5 Å². The highest BCUT2D eigenvalue weighted by atomic mass is 16.2. The van der Waals surface area contributed by atoms with Crippen LogP contribution in [0.15, 0.2) is 29.8 Å². The number of amides is 2. The second-order valence-corrected chi connectivity index (χ2v) is 5.28. The molecule has 0 saturated heterocycles. The van der Waals surface area contributed by atoms with Crippen LogP contribution >= 0.6 is 0 Å². The largest absolute Gasteiger partial charge is 0.333 e. The maximum Gasteiger partial charge on any atom is 0.246 e. The summed E-state index contributed by atoms with van der Waals surface area (Å²) in [5.41, 5.74) is 3.79. The third-order valence-electron chi connectivity index (χ3n) is 2.84. The standard InChI is InChI=1S/C16H22N2O2/c1-11(2)8-16(20)18(5)10-15(19)17-14-9-12(3)6-7-13(14)4/h6-9H,10H2,1-5H3,(H,17,19). The molecule has 0 atom stereocenters. The lowest BCUT2D eigenvalue weighted by atomic mass is 10.1. The van der Waals surface area contributed by atoms with Crippen molar-refractivity contribution in [2.75, 3.05) is 18.9 Å². The number of benzene rings is 1. The Morgan fingerprint density at radius 1 is 1.25 bits per heavy atom. The van der Waals surface area contributed by atoms with Gasteiger partial charge in [0.15, 0.2) is 0 Å². The molecular formula is C16H22N2O2. The summed E-state index contributed by atoms with van der Waals surface area (Å²) in [7, 11) is 1.62. The van der Waals surface area contributed by atoms with Crippen molar-refractivity contribution in [2.45, 2.75) is 27.7 Å². The van der Waals surface area contributed by atoms with E-state index >= 15 is 0 Å². The van der Waals surface area contributed by atoms with E-state index in [4.69, 9.17) is 0 Å². The molecule has 0 unspecified atom stereocenters. The fourth-order valence-electron chi connectivity index (χ4n) is 1.71. The molecule has 0 spiro atoms. The summed E-state index contributed by atoms with van der Waals surface area (Å²) in [5, 5.41) is 2.84. The average molecular weight is 274 g/mol. The second-order valence-electron chi connectivity index (χ2n) is 5.28. The van der Waals surface area contributed by atoms with Crippen LogP contribution in [0.1, 0.15) is 25.0 Å². The molecule has 1 rings (SSSR count). The van der Waals surface area contributed by atoms with Crippen molar-refractivity contribution in [3.8, 4) is 0 Å². The van der Waals surface area contributed by atoms with E-state index in [1.807, 2.05) is 45.9 Å². The zero-order valence-corrected chi connectivity index (χ0v) is 12.8. The van der Waals surface area contributed by atoms with Gasteiger partial charge in [-0.2, -0.15) is 0 Å². The molecule has 4 heteroatoms. The Morgan fingerprint density at radius 2 is 1.90 bits per heavy atom. The summed E-state index contributed by atoms with van der Waals surface area (Å²) in [4.78, 5) is 25.1. The van der Waals surface area contributed by atoms with E-state index in [-0.39, 0.29) is 18.4 Å². The van der Waals surface area contributed by atoms with Gasteiger partial charge in [0.2, 0.25) is 11.8 Å². The van der Waals surface area contributed by atoms with E-state index in [0.717, 1.165) is 22.4 Å². The molecule has 1 aromatic rings. The Labute approximate surface area is 120 Å². The third kappa shape index (κ3) is 4.88. The van der Waals surface area contributed by atoms with Gasteiger partial charge in [-0.15, -0.1) is 0 Å². The Bertz CT molecular complexity index is 543. The van der Waals surface area contributed by atoms with Crippen LogP contribution < -0.4 is 5.32 Å². The molecule has 0 aliphatic rings. The lowest BCUT2D eigenvalue weighted by Crippen LogP contribution is -2.34. The molecule has 0 bridgehead atoms. The number of hydrogen-bond acceptors (Lipinski definition) is 2. The van der Waals surface area contributed by atoms with E-state index in [1.165, 1.54) is 11.0 Å². The molecule has 0 fully saturated rings. The zero-order valence-electron chi connectivity index (χ0n) is 12.8. The average Bonchev–Trinajstić information content (AvgIpc) is 2.32. The topological polar surface area (TPSA) is 49.4 Å². The van der Waals surface area contributed by atoms with Crippen molar-refractivity contribution in [1.29, 1.82) is 0 Å². The fraction of sp³-hybridized carbons (Fsp3) is 0.375. The summed E-state index contributed by atoms with van der Waals surface area (Å²) < 4.78 is 0. The molecule has 0 aliphatic carbocycles. The fourth-order valence-corrected chi connectivity index (χ4v) is 1.71. The minimum absolute atomic E-state index is 0.0377. The molecule has 1 aromatic carbocycles. The van der Waals surface area contributed by atoms with E-state index in [1.54, 1.807) is 7.05 Å². The Morgan fingerprint density at radius 3 is 2.50 bits per heavy atom. The molecule has 0 heterocycles. The van der Waals surface area contributed by atoms with E-state index in [0.29, 0.717) is 0 Å². The predicted molar refractivity (Wildman–Crippen MR) is 81.6 cm³/mol. The number of nitrogens with one attached hydrogen (secondary N) is 1. The van der Waals surface area contributed by atoms with Gasteiger partial charge in [0.1, 0.15) is 0 Å². The molecule has 0 aromatic heterocycles. The minimum atomic E-state index is -0.197. The predicted octanol–water partition coefficient (Wildman–Crippen LogP) is 2.67. The van der Waals surface area contributed by atoms with Crippen LogP contribution in [-0.2, 0) is 9.59 Å². The van der Waals surface area contributed by atoms with Crippen LogP contribution in [0.5, 0.6) is 0 Å². The van der Waals surface area contributed by atoms with E-state index in [2.05, 4.69) is 5.32 Å². The number of rotatable bonds is 4. The first-order valence-corrected chi connectivity index (χ1v) is 6.56. The maximum atomic E-state index is 12.0. The van der Waals surface area contributed by atoms with Crippen LogP contribution in [0.25, 0.3) is 0 Å². The van der Waals surface area contributed by atoms with Crippen molar-refractivity contribution < 1.29 is 9.59 Å². The highest BCUT2D eigenvalue weighted by Gasteiger charge is 2.11. The highest BCUT2D eigenvalue weighted by Crippen LogP contribution is 2.16. The van der Waals surface area contributed by atoms with Gasteiger partial charge in [-0.3, -0.25) is 9.59 Å². The molecule has 4 nitrogen and oxygen atoms in total. The summed E-state index contributed by atoms with van der Waals surface area (Å²) in [6.07, 6.45) is 1.52. The number of allylic oxidation sites excluding steroid dienone is 1. The molecule has 0 aliphatic heterocycles. The van der Waals surface area contributed by atoms with Crippen molar-refractivity contribution in [1.82, 2.24) is 4.90 Å². The number of nitrogens with zero attached hydrogens (tertiary/aromatic N) is 1. The van der Waals surface area contributed by atoms with Crippen molar-refractivity contribution in [3.05, 3.63) is 41.0 Å². The molecule has 108 valence electrons. The van der Waals surface area contributed by atoms with Crippen LogP contribution in [0.2, 0.25) is 0 Å². The molecule has 20 heavy (non-hydrogen) atoms. The molecule has 0 radical (unpaired) electrons. The lowest BCUT2D eigenvalue weighted by molar-refractivity contribution is -0.129. The third-order valence-corrected chi connectivity index (χ3v) is 2.84. The van der Waals surface area contributed by atoms with Crippen LogP contribution in [0, 0.1) is 13.8 Å². The first-order chi connectivity index (χ1) is 9.29. The second kappa shape index (κ2) is 6.89. The minimum Gasteiger partial charge on any atom is -0.333 e. The SMILES string of the molecule is CC(C)=CC(=O)N(C)CC(=O)Nc1cc(C)ccc1C. The molecule has 1 N–H and O–H groups in total. The monoisotopic (exact) mass is 274 g/mol. The lowest BCUT2D eigenvalue weighted by Gasteiger charge is -2.16. The van der Waals surface area contributed by atoms with Crippen LogP contribution in [0.3, 0.4) is 0 Å². The summed E-state index contributed by atoms with van der Waals surface area (Å²) >= 11 is 0. The highest BCUT2D eigenvalue weighted by molar-refractivity contribution is 5.97. The Kier molecular flexibility index (Phi) is 5.50. The van der Waals surface area contributed by atoms with Gasteiger partial charge >= 0.3 is 0 Å². The van der Waals surface area contributed by atoms with Gasteiger partial charge in [-0.05, 0) is 44.9 Å². The Hall–Kier alpha value is -2.10. The summed E-state index contributed by atoms with van der Waals surface area (Å²) in [6.45, 7) is 7.65. The first kappa shape index (κ1) is 16.0. The van der Waals surface area contributed by atoms with Gasteiger partial charge < -0.3 is 10.2 Å². The Balaban J connectivity index is 2.66. The first-order valence-electron chi connectivity index (χ1n) is 6.56. The van der Waals surface area contributed by atoms with Gasteiger partial charge in [-0.1, -0.05) is 17.7 Å². The summed E-state index contributed by atoms with van der Waals surface area (Å²) in [5.74, 6) is -0.363. The van der Waals surface area contributed by atoms with Gasteiger partial charge in [-0.25, -0.2) is 0 Å². The zero-order chi connectivity index (χ0) is 15.3. The number of aryl methyl sites for hydroxylation is 2. The number of anilines is 1. The number of hydrogen-bond donors (Lipinski definition) is 1. The van der Waals surface area contributed by atoms with E-state index in [9.17, 15) is 9.59 Å². The van der Waals surface area contributed by atoms with Gasteiger partial charge in [0, 0.05) is 18.8 Å². The summed E-state index contributed by atoms with van der Waals surface area (Å²) in [6, 6.07) is 5.88. The number of carbonyl (C=O) groups excluding carboxylic acids is 2.